The molecule has 4 rings (SSSR count). The molecule has 2 heterocycles. The van der Waals surface area contributed by atoms with Crippen LogP contribution in [0, 0.1) is 0 Å². The molecular formula is C18H17N3S. The Morgan fingerprint density at radius 3 is 2.59 bits per heavy atom. The van der Waals surface area contributed by atoms with E-state index in [1.165, 1.54) is 18.2 Å². The number of para-hydroxylation sites is 1. The number of rotatable bonds is 1. The SMILES string of the molecule is S=C(Nc1ccc2cc3ccccc3nc2c1)N1CCCC1. The molecule has 110 valence electrons. The van der Waals surface area contributed by atoms with Crippen molar-refractivity contribution in [2.24, 2.45) is 0 Å². The van der Waals surface area contributed by atoms with E-state index >= 15 is 0 Å². The van der Waals surface area contributed by atoms with Gasteiger partial charge in [-0.3, -0.25) is 0 Å². The average molecular weight is 307 g/mol. The Balaban J connectivity index is 1.67. The Hall–Kier alpha value is -2.20. The van der Waals surface area contributed by atoms with Crippen LogP contribution in [0.15, 0.2) is 48.5 Å². The van der Waals surface area contributed by atoms with Crippen LogP contribution in [0.5, 0.6) is 0 Å². The second-order valence-corrected chi connectivity index (χ2v) is 6.10. The predicted molar refractivity (Wildman–Crippen MR) is 96.3 cm³/mol. The molecule has 1 aliphatic heterocycles. The van der Waals surface area contributed by atoms with Gasteiger partial charge in [-0.15, -0.1) is 0 Å². The third kappa shape index (κ3) is 2.50. The molecule has 4 heteroatoms. The van der Waals surface area contributed by atoms with Crippen molar-refractivity contribution in [1.29, 1.82) is 0 Å². The molecule has 3 nitrogen and oxygen atoms in total. The van der Waals surface area contributed by atoms with Crippen LogP contribution in [0.3, 0.4) is 0 Å². The number of nitrogens with one attached hydrogen (secondary N) is 1. The summed E-state index contributed by atoms with van der Waals surface area (Å²) in [6.07, 6.45) is 2.46. The van der Waals surface area contributed by atoms with Gasteiger partial charge in [-0.25, -0.2) is 4.98 Å². The molecule has 3 aromatic rings. The number of benzene rings is 2. The third-order valence-corrected chi connectivity index (χ3v) is 4.52. The number of anilines is 1. The van der Waals surface area contributed by atoms with Gasteiger partial charge in [-0.05, 0) is 49.3 Å². The van der Waals surface area contributed by atoms with E-state index < -0.39 is 0 Å². The zero-order valence-corrected chi connectivity index (χ0v) is 13.1. The first-order chi connectivity index (χ1) is 10.8. The summed E-state index contributed by atoms with van der Waals surface area (Å²) < 4.78 is 0. The topological polar surface area (TPSA) is 28.2 Å². The van der Waals surface area contributed by atoms with Gasteiger partial charge in [-0.2, -0.15) is 0 Å². The fraction of sp³-hybridized carbons (Fsp3) is 0.222. The Morgan fingerprint density at radius 2 is 1.73 bits per heavy atom. The first-order valence-corrected chi connectivity index (χ1v) is 8.06. The van der Waals surface area contributed by atoms with Crippen LogP contribution in [-0.4, -0.2) is 28.1 Å². The van der Waals surface area contributed by atoms with E-state index in [-0.39, 0.29) is 0 Å². The van der Waals surface area contributed by atoms with Gasteiger partial charge in [-0.1, -0.05) is 24.3 Å². The minimum atomic E-state index is 0.817. The fourth-order valence-corrected chi connectivity index (χ4v) is 3.27. The van der Waals surface area contributed by atoms with Crippen molar-refractivity contribution >= 4 is 44.8 Å². The summed E-state index contributed by atoms with van der Waals surface area (Å²) in [7, 11) is 0. The van der Waals surface area contributed by atoms with Crippen molar-refractivity contribution in [3.63, 3.8) is 0 Å². The number of hydrogen-bond donors (Lipinski definition) is 1. The number of likely N-dealkylation sites (tertiary alicyclic amines) is 1. The molecule has 1 N–H and O–H groups in total. The van der Waals surface area contributed by atoms with Gasteiger partial charge < -0.3 is 10.2 Å². The first-order valence-electron chi connectivity index (χ1n) is 7.65. The number of thiocarbonyl (C=S) groups is 1. The van der Waals surface area contributed by atoms with Gasteiger partial charge in [0, 0.05) is 29.5 Å². The van der Waals surface area contributed by atoms with Gasteiger partial charge in [0.25, 0.3) is 0 Å². The molecule has 1 saturated heterocycles. The molecule has 0 bridgehead atoms. The average Bonchev–Trinajstić information content (AvgIpc) is 3.07. The highest BCUT2D eigenvalue weighted by molar-refractivity contribution is 7.80. The minimum Gasteiger partial charge on any atom is -0.349 e. The molecule has 0 saturated carbocycles. The van der Waals surface area contributed by atoms with Crippen LogP contribution in [-0.2, 0) is 0 Å². The summed E-state index contributed by atoms with van der Waals surface area (Å²) in [6, 6.07) is 16.6. The second-order valence-electron chi connectivity index (χ2n) is 5.71. The summed E-state index contributed by atoms with van der Waals surface area (Å²) in [6.45, 7) is 2.12. The predicted octanol–water partition coefficient (Wildman–Crippen LogP) is 4.18. The number of aromatic nitrogens is 1. The van der Waals surface area contributed by atoms with E-state index in [9.17, 15) is 0 Å². The molecule has 0 spiro atoms. The lowest BCUT2D eigenvalue weighted by atomic mass is 10.1. The van der Waals surface area contributed by atoms with Crippen molar-refractivity contribution in [2.75, 3.05) is 18.4 Å². The van der Waals surface area contributed by atoms with Crippen molar-refractivity contribution in [3.05, 3.63) is 48.5 Å². The van der Waals surface area contributed by atoms with Crippen LogP contribution in [0.4, 0.5) is 5.69 Å². The minimum absolute atomic E-state index is 0.817. The molecular weight excluding hydrogens is 290 g/mol. The van der Waals surface area contributed by atoms with Gasteiger partial charge >= 0.3 is 0 Å². The first kappa shape index (κ1) is 13.5. The van der Waals surface area contributed by atoms with Crippen LogP contribution in [0.1, 0.15) is 12.8 Å². The zero-order valence-electron chi connectivity index (χ0n) is 12.2. The van der Waals surface area contributed by atoms with E-state index in [0.717, 1.165) is 40.3 Å². The van der Waals surface area contributed by atoms with E-state index in [4.69, 9.17) is 17.2 Å². The summed E-state index contributed by atoms with van der Waals surface area (Å²) in [5.74, 6) is 0. The van der Waals surface area contributed by atoms with E-state index in [2.05, 4.69) is 40.5 Å². The molecule has 0 amide bonds. The zero-order chi connectivity index (χ0) is 14.9. The van der Waals surface area contributed by atoms with E-state index in [0.29, 0.717) is 0 Å². The largest absolute Gasteiger partial charge is 0.349 e. The highest BCUT2D eigenvalue weighted by Gasteiger charge is 2.14. The Labute approximate surface area is 135 Å². The Bertz CT molecular complexity index is 853. The van der Waals surface area contributed by atoms with Gasteiger partial charge in [0.15, 0.2) is 5.11 Å². The number of fused-ring (bicyclic) bond motifs is 2. The van der Waals surface area contributed by atoms with Gasteiger partial charge in [0.1, 0.15) is 0 Å². The maximum Gasteiger partial charge on any atom is 0.173 e. The van der Waals surface area contributed by atoms with Crippen molar-refractivity contribution in [3.8, 4) is 0 Å². The molecule has 1 fully saturated rings. The Kier molecular flexibility index (Phi) is 3.39. The number of pyridine rings is 1. The van der Waals surface area contributed by atoms with E-state index in [1.807, 2.05) is 18.2 Å². The normalized spacial score (nSPS) is 14.6. The highest BCUT2D eigenvalue weighted by Crippen LogP contribution is 2.23. The van der Waals surface area contributed by atoms with Crippen LogP contribution in [0.25, 0.3) is 21.8 Å². The maximum absolute atomic E-state index is 5.49. The summed E-state index contributed by atoms with van der Waals surface area (Å²) in [5, 5.41) is 6.48. The molecule has 0 unspecified atom stereocenters. The standard InChI is InChI=1S/C18H17N3S/c22-18(21-9-3-4-10-21)19-15-8-7-14-11-13-5-1-2-6-16(13)20-17(14)12-15/h1-2,5-8,11-12H,3-4,9-10H2,(H,19,22). The lowest BCUT2D eigenvalue weighted by molar-refractivity contribution is 0.528. The molecule has 1 aliphatic rings. The number of hydrogen-bond acceptors (Lipinski definition) is 2. The van der Waals surface area contributed by atoms with Crippen molar-refractivity contribution in [1.82, 2.24) is 9.88 Å². The molecule has 2 aromatic carbocycles. The summed E-state index contributed by atoms with van der Waals surface area (Å²) >= 11 is 5.49. The lowest BCUT2D eigenvalue weighted by Crippen LogP contribution is -2.31. The van der Waals surface area contributed by atoms with Crippen LogP contribution >= 0.6 is 12.2 Å². The molecule has 0 aliphatic carbocycles. The molecule has 0 atom stereocenters. The van der Waals surface area contributed by atoms with Crippen LogP contribution in [0.2, 0.25) is 0 Å². The molecule has 22 heavy (non-hydrogen) atoms. The van der Waals surface area contributed by atoms with Crippen LogP contribution < -0.4 is 5.32 Å². The fourth-order valence-electron chi connectivity index (χ4n) is 2.97. The quantitative estimate of drug-likeness (QED) is 0.539. The molecule has 1 aromatic heterocycles. The second kappa shape index (κ2) is 5.54. The summed E-state index contributed by atoms with van der Waals surface area (Å²) in [4.78, 5) is 6.98. The third-order valence-electron chi connectivity index (χ3n) is 4.16. The monoisotopic (exact) mass is 307 g/mol. The van der Waals surface area contributed by atoms with E-state index in [1.54, 1.807) is 0 Å². The maximum atomic E-state index is 5.49. The Morgan fingerprint density at radius 1 is 0.955 bits per heavy atom. The molecule has 0 radical (unpaired) electrons. The van der Waals surface area contributed by atoms with Gasteiger partial charge in [0.05, 0.1) is 11.0 Å². The van der Waals surface area contributed by atoms with Gasteiger partial charge in [0.2, 0.25) is 0 Å². The highest BCUT2D eigenvalue weighted by atomic mass is 32.1. The summed E-state index contributed by atoms with van der Waals surface area (Å²) in [5.41, 5.74) is 3.02. The number of nitrogens with zero attached hydrogens (tertiary/aromatic N) is 2. The lowest BCUT2D eigenvalue weighted by Gasteiger charge is -2.19. The van der Waals surface area contributed by atoms with Crippen molar-refractivity contribution < 1.29 is 0 Å². The van der Waals surface area contributed by atoms with Crippen molar-refractivity contribution in [2.45, 2.75) is 12.8 Å². The smallest absolute Gasteiger partial charge is 0.173 e.